The van der Waals surface area contributed by atoms with Crippen molar-refractivity contribution < 1.29 is 9.84 Å². The summed E-state index contributed by atoms with van der Waals surface area (Å²) in [4.78, 5) is 0. The minimum Gasteiger partial charge on any atom is -0.505 e. The summed E-state index contributed by atoms with van der Waals surface area (Å²) in [6.45, 7) is 4.49. The molecular formula is C34H37NO2. The summed E-state index contributed by atoms with van der Waals surface area (Å²) < 4.78 is 8.33. The summed E-state index contributed by atoms with van der Waals surface area (Å²) >= 11 is 0. The number of phenolic OH excluding ortho intramolecular Hbond substituents is 1. The SMILES string of the molecule is CC1C(c2cccc(-n3c4ccccc4c4ccccc43)c2O)CC2CCC3COCC4CCC1C2C34. The van der Waals surface area contributed by atoms with E-state index in [-0.39, 0.29) is 0 Å². The molecule has 0 amide bonds. The molecule has 3 saturated carbocycles. The zero-order chi connectivity index (χ0) is 24.7. The maximum absolute atomic E-state index is 12.0. The third kappa shape index (κ3) is 3.16. The Morgan fingerprint density at radius 1 is 0.730 bits per heavy atom. The summed E-state index contributed by atoms with van der Waals surface area (Å²) in [5.74, 6) is 6.42. The molecule has 37 heavy (non-hydrogen) atoms. The van der Waals surface area contributed by atoms with Crippen LogP contribution in [0.2, 0.25) is 0 Å². The van der Waals surface area contributed by atoms with Crippen molar-refractivity contribution in [3.8, 4) is 11.4 Å². The van der Waals surface area contributed by atoms with Crippen LogP contribution in [0, 0.1) is 41.4 Å². The highest BCUT2D eigenvalue weighted by Crippen LogP contribution is 2.62. The smallest absolute Gasteiger partial charge is 0.143 e. The van der Waals surface area contributed by atoms with Gasteiger partial charge in [0.2, 0.25) is 0 Å². The van der Waals surface area contributed by atoms with Crippen LogP contribution in [0.4, 0.5) is 0 Å². The van der Waals surface area contributed by atoms with E-state index < -0.39 is 0 Å². The predicted molar refractivity (Wildman–Crippen MR) is 149 cm³/mol. The number of hydrogen-bond acceptors (Lipinski definition) is 2. The molecule has 4 aromatic rings. The molecule has 3 heteroatoms. The van der Waals surface area contributed by atoms with E-state index in [1.807, 2.05) is 0 Å². The molecule has 4 aliphatic rings. The van der Waals surface area contributed by atoms with Gasteiger partial charge in [-0.05, 0) is 103 Å². The van der Waals surface area contributed by atoms with Gasteiger partial charge in [-0.15, -0.1) is 0 Å². The van der Waals surface area contributed by atoms with Crippen molar-refractivity contribution in [2.24, 2.45) is 41.4 Å². The molecule has 1 saturated heterocycles. The number of para-hydroxylation sites is 3. The highest BCUT2D eigenvalue weighted by molar-refractivity contribution is 6.09. The third-order valence-corrected chi connectivity index (χ3v) is 11.1. The fraction of sp³-hybridized carbons (Fsp3) is 0.471. The van der Waals surface area contributed by atoms with Crippen LogP contribution in [0.25, 0.3) is 27.5 Å². The number of rotatable bonds is 2. The number of nitrogens with zero attached hydrogens (tertiary/aromatic N) is 1. The molecule has 3 aliphatic carbocycles. The average molecular weight is 492 g/mol. The minimum atomic E-state index is 0.423. The Morgan fingerprint density at radius 3 is 2.11 bits per heavy atom. The topological polar surface area (TPSA) is 34.4 Å². The van der Waals surface area contributed by atoms with Gasteiger partial charge < -0.3 is 14.4 Å². The summed E-state index contributed by atoms with van der Waals surface area (Å²) in [7, 11) is 0. The summed E-state index contributed by atoms with van der Waals surface area (Å²) in [6.07, 6.45) is 6.57. The van der Waals surface area contributed by atoms with E-state index in [0.29, 0.717) is 17.6 Å². The van der Waals surface area contributed by atoms with Crippen LogP contribution in [0.1, 0.15) is 50.5 Å². The van der Waals surface area contributed by atoms with Gasteiger partial charge in [0.05, 0.1) is 16.7 Å². The van der Waals surface area contributed by atoms with Gasteiger partial charge in [-0.3, -0.25) is 0 Å². The summed E-state index contributed by atoms with van der Waals surface area (Å²) in [5, 5.41) is 14.4. The maximum atomic E-state index is 12.0. The molecule has 0 bridgehead atoms. The first kappa shape index (κ1) is 22.2. The van der Waals surface area contributed by atoms with E-state index in [1.54, 1.807) is 0 Å². The molecule has 3 aromatic carbocycles. The molecule has 1 aromatic heterocycles. The number of hydrogen-bond donors (Lipinski definition) is 1. The number of ether oxygens (including phenoxy) is 1. The molecule has 190 valence electrons. The Kier molecular flexibility index (Phi) is 5.02. The van der Waals surface area contributed by atoms with Gasteiger partial charge in [-0.25, -0.2) is 0 Å². The zero-order valence-electron chi connectivity index (χ0n) is 21.7. The summed E-state index contributed by atoms with van der Waals surface area (Å²) in [5.41, 5.74) is 4.40. The van der Waals surface area contributed by atoms with Crippen LogP contribution < -0.4 is 0 Å². The Hall–Kier alpha value is -2.78. The highest BCUT2D eigenvalue weighted by atomic mass is 16.5. The van der Waals surface area contributed by atoms with Gasteiger partial charge in [0.15, 0.2) is 0 Å². The van der Waals surface area contributed by atoms with Gasteiger partial charge >= 0.3 is 0 Å². The van der Waals surface area contributed by atoms with E-state index in [1.165, 1.54) is 48.4 Å². The van der Waals surface area contributed by atoms with Crippen molar-refractivity contribution in [3.05, 3.63) is 72.3 Å². The zero-order valence-corrected chi connectivity index (χ0v) is 21.7. The molecule has 1 N–H and O–H groups in total. The molecule has 0 radical (unpaired) electrons. The van der Waals surface area contributed by atoms with Gasteiger partial charge in [0.1, 0.15) is 5.75 Å². The molecule has 0 spiro atoms. The molecular weight excluding hydrogens is 454 g/mol. The second kappa shape index (κ2) is 8.36. The third-order valence-electron chi connectivity index (χ3n) is 11.1. The maximum Gasteiger partial charge on any atom is 0.143 e. The fourth-order valence-corrected chi connectivity index (χ4v) is 9.68. The second-order valence-electron chi connectivity index (χ2n) is 12.6. The summed E-state index contributed by atoms with van der Waals surface area (Å²) in [6, 6.07) is 23.7. The van der Waals surface area contributed by atoms with Gasteiger partial charge in [0, 0.05) is 24.0 Å². The van der Waals surface area contributed by atoms with Crippen LogP contribution in [0.3, 0.4) is 0 Å². The van der Waals surface area contributed by atoms with Crippen molar-refractivity contribution in [2.75, 3.05) is 13.2 Å². The van der Waals surface area contributed by atoms with E-state index in [2.05, 4.69) is 78.2 Å². The molecule has 1 aliphatic heterocycles. The largest absolute Gasteiger partial charge is 0.505 e. The van der Waals surface area contributed by atoms with E-state index >= 15 is 0 Å². The molecule has 4 fully saturated rings. The van der Waals surface area contributed by atoms with Crippen molar-refractivity contribution in [1.82, 2.24) is 4.57 Å². The lowest BCUT2D eigenvalue weighted by molar-refractivity contribution is -0.148. The number of benzene rings is 3. The van der Waals surface area contributed by atoms with Crippen molar-refractivity contribution >= 4 is 21.8 Å². The first-order chi connectivity index (χ1) is 18.2. The lowest BCUT2D eigenvalue weighted by atomic mass is 9.46. The first-order valence-corrected chi connectivity index (χ1v) is 14.6. The van der Waals surface area contributed by atoms with E-state index in [4.69, 9.17) is 4.74 Å². The van der Waals surface area contributed by atoms with Crippen LogP contribution in [0.15, 0.2) is 66.7 Å². The van der Waals surface area contributed by atoms with E-state index in [9.17, 15) is 5.11 Å². The van der Waals surface area contributed by atoms with Gasteiger partial charge in [-0.1, -0.05) is 55.5 Å². The lowest BCUT2D eigenvalue weighted by Gasteiger charge is -2.60. The quantitative estimate of drug-likeness (QED) is 0.309. The average Bonchev–Trinajstić information content (AvgIpc) is 3.27. The second-order valence-corrected chi connectivity index (χ2v) is 12.6. The monoisotopic (exact) mass is 491 g/mol. The molecule has 3 nitrogen and oxygen atoms in total. The fourth-order valence-electron chi connectivity index (χ4n) is 9.68. The molecule has 2 heterocycles. The minimum absolute atomic E-state index is 0.423. The van der Waals surface area contributed by atoms with Crippen molar-refractivity contribution in [2.45, 2.75) is 44.9 Å². The molecule has 8 unspecified atom stereocenters. The Balaban J connectivity index is 1.22. The number of aromatic hydroxyl groups is 1. The standard InChI is InChI=1S/C34H37NO2/c1-20-24-16-15-23-19-37-18-22-14-13-21(33(24)32(22)23)17-28(20)27-9-6-12-31(34(27)36)35-29-10-4-2-7-25(29)26-8-3-5-11-30(26)35/h2-12,20-24,28,32-33,36H,13-19H2,1H3. The lowest BCUT2D eigenvalue weighted by Crippen LogP contribution is -2.55. The first-order valence-electron chi connectivity index (χ1n) is 14.6. The predicted octanol–water partition coefficient (Wildman–Crippen LogP) is 7.93. The van der Waals surface area contributed by atoms with E-state index in [0.717, 1.165) is 65.4 Å². The Bertz CT molecular complexity index is 1430. The Labute approximate surface area is 219 Å². The van der Waals surface area contributed by atoms with Crippen molar-refractivity contribution in [3.63, 3.8) is 0 Å². The van der Waals surface area contributed by atoms with Gasteiger partial charge in [0.25, 0.3) is 0 Å². The van der Waals surface area contributed by atoms with Crippen LogP contribution >= 0.6 is 0 Å². The van der Waals surface area contributed by atoms with Gasteiger partial charge in [-0.2, -0.15) is 0 Å². The number of aromatic nitrogens is 1. The number of phenols is 1. The normalized spacial score (nSPS) is 34.9. The van der Waals surface area contributed by atoms with Crippen LogP contribution in [0.5, 0.6) is 5.75 Å². The van der Waals surface area contributed by atoms with Crippen LogP contribution in [-0.2, 0) is 4.74 Å². The molecule has 8 atom stereocenters. The number of fused-ring (bicyclic) bond motifs is 3. The highest BCUT2D eigenvalue weighted by Gasteiger charge is 2.55. The van der Waals surface area contributed by atoms with Crippen molar-refractivity contribution in [1.29, 1.82) is 0 Å². The van der Waals surface area contributed by atoms with Crippen LogP contribution in [-0.4, -0.2) is 22.9 Å². The molecule has 8 rings (SSSR count). The Morgan fingerprint density at radius 2 is 1.38 bits per heavy atom.